The number of rotatable bonds is 6. The van der Waals surface area contributed by atoms with Gasteiger partial charge in [-0.2, -0.15) is 0 Å². The molecule has 8 heteroatoms. The van der Waals surface area contributed by atoms with Crippen LogP contribution in [0, 0.1) is 0 Å². The summed E-state index contributed by atoms with van der Waals surface area (Å²) in [5.74, 6) is -0.681. The van der Waals surface area contributed by atoms with Crippen LogP contribution in [0.4, 0.5) is 0 Å². The van der Waals surface area contributed by atoms with Crippen LogP contribution in [0.3, 0.4) is 0 Å². The van der Waals surface area contributed by atoms with Crippen molar-refractivity contribution in [2.75, 3.05) is 14.2 Å². The van der Waals surface area contributed by atoms with Crippen LogP contribution >= 0.6 is 11.3 Å². The summed E-state index contributed by atoms with van der Waals surface area (Å²) < 4.78 is 11.0. The summed E-state index contributed by atoms with van der Waals surface area (Å²) in [5, 5.41) is 39.9. The molecular weight excluding hydrogens is 372 g/mol. The molecule has 2 aromatic carbocycles. The van der Waals surface area contributed by atoms with Gasteiger partial charge in [-0.05, 0) is 23.8 Å². The Morgan fingerprint density at radius 1 is 1.07 bits per heavy atom. The molecule has 0 aliphatic heterocycles. The fraction of sp³-hybridized carbons (Fsp3) is 0.211. The van der Waals surface area contributed by atoms with Crippen LogP contribution in [0.5, 0.6) is 17.2 Å². The lowest BCUT2D eigenvalue weighted by atomic mass is 9.92. The van der Waals surface area contributed by atoms with Gasteiger partial charge in [0.05, 0.1) is 33.0 Å². The zero-order valence-corrected chi connectivity index (χ0v) is 15.5. The summed E-state index contributed by atoms with van der Waals surface area (Å²) in [5.41, 5.74) is 0.587. The van der Waals surface area contributed by atoms with Crippen molar-refractivity contribution in [3.8, 4) is 28.4 Å². The molecule has 0 aliphatic rings. The zero-order chi connectivity index (χ0) is 19.7. The molecule has 0 saturated carbocycles. The lowest BCUT2D eigenvalue weighted by molar-refractivity contribution is 0.0693. The summed E-state index contributed by atoms with van der Waals surface area (Å²) in [6, 6.07) is 6.55. The van der Waals surface area contributed by atoms with Gasteiger partial charge in [-0.3, -0.25) is 0 Å². The molecule has 7 nitrogen and oxygen atoms in total. The van der Waals surface area contributed by atoms with Crippen LogP contribution in [-0.4, -0.2) is 40.6 Å². The number of thiophene rings is 1. The number of benzene rings is 2. The Kier molecular flexibility index (Phi) is 5.22. The Labute approximate surface area is 158 Å². The summed E-state index contributed by atoms with van der Waals surface area (Å²) in [4.78, 5) is 12.6. The van der Waals surface area contributed by atoms with E-state index < -0.39 is 12.6 Å². The van der Waals surface area contributed by atoms with Crippen LogP contribution < -0.4 is 9.47 Å². The molecule has 4 N–H and O–H groups in total. The Hall–Kier alpha value is -2.81. The van der Waals surface area contributed by atoms with Gasteiger partial charge in [0.2, 0.25) is 0 Å². The number of phenols is 1. The molecule has 0 amide bonds. The minimum atomic E-state index is -1.28. The van der Waals surface area contributed by atoms with Crippen molar-refractivity contribution in [2.24, 2.45) is 0 Å². The maximum atomic E-state index is 12.0. The standard InChI is InChI=1S/C19H18O7S/c1-25-13-4-3-9(5-14(13)26-2)15-16(19(23)24)12(8-21)17(22)11-6-10(7-20)27-18(11)15/h3-6,20-22H,7-8H2,1-2H3,(H,23,24). The number of fused-ring (bicyclic) bond motifs is 1. The number of carboxylic acids is 1. The minimum Gasteiger partial charge on any atom is -0.507 e. The highest BCUT2D eigenvalue weighted by Crippen LogP contribution is 2.46. The van der Waals surface area contributed by atoms with E-state index >= 15 is 0 Å². The molecule has 0 saturated heterocycles. The van der Waals surface area contributed by atoms with Gasteiger partial charge in [-0.25, -0.2) is 4.79 Å². The molecule has 0 unspecified atom stereocenters. The molecule has 0 atom stereocenters. The smallest absolute Gasteiger partial charge is 0.336 e. The Bertz CT molecular complexity index is 1020. The van der Waals surface area contributed by atoms with E-state index in [0.29, 0.717) is 37.6 Å². The number of aromatic hydroxyl groups is 1. The van der Waals surface area contributed by atoms with E-state index in [1.807, 2.05) is 0 Å². The fourth-order valence-corrected chi connectivity index (χ4v) is 4.18. The quantitative estimate of drug-likeness (QED) is 0.511. The highest BCUT2D eigenvalue weighted by molar-refractivity contribution is 7.19. The van der Waals surface area contributed by atoms with Crippen molar-refractivity contribution in [1.29, 1.82) is 0 Å². The Balaban J connectivity index is 2.46. The van der Waals surface area contributed by atoms with Crippen LogP contribution in [0.25, 0.3) is 21.2 Å². The van der Waals surface area contributed by atoms with Crippen molar-refractivity contribution in [3.05, 3.63) is 40.3 Å². The van der Waals surface area contributed by atoms with Crippen molar-refractivity contribution < 1.29 is 34.7 Å². The van der Waals surface area contributed by atoms with Crippen LogP contribution in [0.15, 0.2) is 24.3 Å². The van der Waals surface area contributed by atoms with Crippen LogP contribution in [-0.2, 0) is 13.2 Å². The second-order valence-electron chi connectivity index (χ2n) is 5.72. The topological polar surface area (TPSA) is 116 Å². The molecule has 3 rings (SSSR count). The molecule has 142 valence electrons. The SMILES string of the molecule is COc1ccc(-c2c(C(=O)O)c(CO)c(O)c3cc(CO)sc23)cc1OC. The normalized spacial score (nSPS) is 11.0. The highest BCUT2D eigenvalue weighted by Gasteiger charge is 2.26. The predicted molar refractivity (Wildman–Crippen MR) is 101 cm³/mol. The van der Waals surface area contributed by atoms with E-state index in [1.54, 1.807) is 24.3 Å². The molecular formula is C19H18O7S. The third-order valence-electron chi connectivity index (χ3n) is 4.30. The number of hydrogen-bond acceptors (Lipinski definition) is 7. The molecule has 0 spiro atoms. The van der Waals surface area contributed by atoms with E-state index in [0.717, 1.165) is 0 Å². The van der Waals surface area contributed by atoms with Crippen molar-refractivity contribution in [2.45, 2.75) is 13.2 Å². The van der Waals surface area contributed by atoms with Gasteiger partial charge in [0.15, 0.2) is 11.5 Å². The molecule has 3 aromatic rings. The van der Waals surface area contributed by atoms with E-state index in [-0.39, 0.29) is 23.5 Å². The molecule has 0 bridgehead atoms. The summed E-state index contributed by atoms with van der Waals surface area (Å²) in [7, 11) is 2.97. The highest BCUT2D eigenvalue weighted by atomic mass is 32.1. The average Bonchev–Trinajstić information content (AvgIpc) is 3.11. The molecule has 0 fully saturated rings. The van der Waals surface area contributed by atoms with Crippen molar-refractivity contribution >= 4 is 27.4 Å². The number of aliphatic hydroxyl groups excluding tert-OH is 2. The van der Waals surface area contributed by atoms with Crippen LogP contribution in [0.2, 0.25) is 0 Å². The molecule has 1 aromatic heterocycles. The first-order chi connectivity index (χ1) is 13.0. The van der Waals surface area contributed by atoms with Crippen molar-refractivity contribution in [3.63, 3.8) is 0 Å². The fourth-order valence-electron chi connectivity index (χ4n) is 3.08. The first-order valence-corrected chi connectivity index (χ1v) is 8.76. The van der Waals surface area contributed by atoms with Gasteiger partial charge in [-0.1, -0.05) is 6.07 Å². The second-order valence-corrected chi connectivity index (χ2v) is 6.86. The first kappa shape index (κ1) is 19.0. The molecule has 0 aliphatic carbocycles. The van der Waals surface area contributed by atoms with E-state index in [2.05, 4.69) is 0 Å². The van der Waals surface area contributed by atoms with Gasteiger partial charge in [0.1, 0.15) is 5.75 Å². The lowest BCUT2D eigenvalue weighted by Gasteiger charge is -2.16. The summed E-state index contributed by atoms with van der Waals surface area (Å²) in [6.07, 6.45) is 0. The van der Waals surface area contributed by atoms with Gasteiger partial charge in [0, 0.05) is 26.1 Å². The largest absolute Gasteiger partial charge is 0.507 e. The van der Waals surface area contributed by atoms with Crippen LogP contribution in [0.1, 0.15) is 20.8 Å². The maximum absolute atomic E-state index is 12.0. The number of hydrogen-bond donors (Lipinski definition) is 4. The van der Waals surface area contributed by atoms with E-state index in [9.17, 15) is 25.2 Å². The number of carboxylic acid groups (broad SMARTS) is 1. The molecule has 27 heavy (non-hydrogen) atoms. The maximum Gasteiger partial charge on any atom is 0.336 e. The molecule has 0 radical (unpaired) electrons. The average molecular weight is 390 g/mol. The summed E-state index contributed by atoms with van der Waals surface area (Å²) in [6.45, 7) is -0.894. The number of methoxy groups -OCH3 is 2. The molecule has 1 heterocycles. The number of aromatic carboxylic acids is 1. The number of ether oxygens (including phenoxy) is 2. The third kappa shape index (κ3) is 3.08. The van der Waals surface area contributed by atoms with Gasteiger partial charge in [-0.15, -0.1) is 11.3 Å². The van der Waals surface area contributed by atoms with Gasteiger partial charge < -0.3 is 29.9 Å². The minimum absolute atomic E-state index is 0.0814. The second kappa shape index (κ2) is 7.43. The van der Waals surface area contributed by atoms with Gasteiger partial charge in [0.25, 0.3) is 0 Å². The Morgan fingerprint density at radius 3 is 2.33 bits per heavy atom. The zero-order valence-electron chi connectivity index (χ0n) is 14.6. The Morgan fingerprint density at radius 2 is 1.78 bits per heavy atom. The van der Waals surface area contributed by atoms with Gasteiger partial charge >= 0.3 is 5.97 Å². The number of carbonyl (C=O) groups is 1. The lowest BCUT2D eigenvalue weighted by Crippen LogP contribution is -2.06. The predicted octanol–water partition coefficient (Wildman–Crippen LogP) is 2.97. The third-order valence-corrected chi connectivity index (χ3v) is 5.44. The monoisotopic (exact) mass is 390 g/mol. The van der Waals surface area contributed by atoms with E-state index in [4.69, 9.17) is 9.47 Å². The van der Waals surface area contributed by atoms with E-state index in [1.165, 1.54) is 25.6 Å². The first-order valence-electron chi connectivity index (χ1n) is 7.94. The van der Waals surface area contributed by atoms with Crippen molar-refractivity contribution in [1.82, 2.24) is 0 Å². The number of aliphatic hydroxyl groups is 2. The summed E-state index contributed by atoms with van der Waals surface area (Å²) >= 11 is 1.18.